The number of thioether (sulfide) groups is 1. The molecule has 0 spiro atoms. The second-order valence-corrected chi connectivity index (χ2v) is 6.10. The van der Waals surface area contributed by atoms with Crippen LogP contribution >= 0.6 is 11.8 Å². The second-order valence-electron chi connectivity index (χ2n) is 5.22. The van der Waals surface area contributed by atoms with E-state index in [0.29, 0.717) is 11.5 Å². The third-order valence-corrected chi connectivity index (χ3v) is 4.29. The lowest BCUT2D eigenvalue weighted by Gasteiger charge is -2.10. The van der Waals surface area contributed by atoms with E-state index < -0.39 is 24.4 Å². The van der Waals surface area contributed by atoms with Crippen molar-refractivity contribution in [3.05, 3.63) is 53.6 Å². The third kappa shape index (κ3) is 5.24. The van der Waals surface area contributed by atoms with E-state index in [1.807, 2.05) is 6.26 Å². The zero-order valence-corrected chi connectivity index (χ0v) is 15.9. The fraction of sp³-hybridized carbons (Fsp3) is 0.211. The van der Waals surface area contributed by atoms with Gasteiger partial charge in [-0.25, -0.2) is 4.79 Å². The van der Waals surface area contributed by atoms with Crippen LogP contribution in [0.15, 0.2) is 47.4 Å². The molecule has 0 saturated heterocycles. The highest BCUT2D eigenvalue weighted by atomic mass is 32.2. The third-order valence-electron chi connectivity index (χ3n) is 3.57. The van der Waals surface area contributed by atoms with Crippen LogP contribution in [0.2, 0.25) is 0 Å². The number of ether oxygens (including phenoxy) is 3. The summed E-state index contributed by atoms with van der Waals surface area (Å²) < 4.78 is 15.2. The molecule has 0 bridgehead atoms. The number of para-hydroxylation sites is 1. The summed E-state index contributed by atoms with van der Waals surface area (Å²) in [5, 5.41) is 2.15. The van der Waals surface area contributed by atoms with E-state index in [-0.39, 0.29) is 11.1 Å². The maximum atomic E-state index is 12.2. The number of carbonyl (C=O) groups excluding carboxylic acids is 3. The van der Waals surface area contributed by atoms with Crippen LogP contribution in [0.5, 0.6) is 11.5 Å². The van der Waals surface area contributed by atoms with Crippen LogP contribution in [0, 0.1) is 0 Å². The number of benzene rings is 2. The molecular weight excluding hydrogens is 370 g/mol. The number of esters is 1. The van der Waals surface area contributed by atoms with Crippen LogP contribution in [0.4, 0.5) is 0 Å². The molecule has 27 heavy (non-hydrogen) atoms. The zero-order chi connectivity index (χ0) is 19.8. The summed E-state index contributed by atoms with van der Waals surface area (Å²) in [6.45, 7) is -0.604. The Morgan fingerprint density at radius 3 is 2.33 bits per heavy atom. The average molecular weight is 389 g/mol. The van der Waals surface area contributed by atoms with Gasteiger partial charge in [0.2, 0.25) is 0 Å². The predicted octanol–water partition coefficient (Wildman–Crippen LogP) is 2.54. The van der Waals surface area contributed by atoms with Gasteiger partial charge in [-0.2, -0.15) is 0 Å². The van der Waals surface area contributed by atoms with Crippen molar-refractivity contribution in [2.45, 2.75) is 4.90 Å². The van der Waals surface area contributed by atoms with Gasteiger partial charge in [-0.05, 0) is 36.6 Å². The smallest absolute Gasteiger partial charge is 0.342 e. The van der Waals surface area contributed by atoms with E-state index in [2.05, 4.69) is 5.32 Å². The topological polar surface area (TPSA) is 90.9 Å². The van der Waals surface area contributed by atoms with Crippen molar-refractivity contribution in [1.29, 1.82) is 0 Å². The highest BCUT2D eigenvalue weighted by Gasteiger charge is 2.18. The number of hydrogen-bond acceptors (Lipinski definition) is 7. The Morgan fingerprint density at radius 1 is 0.963 bits per heavy atom. The van der Waals surface area contributed by atoms with E-state index in [1.54, 1.807) is 36.4 Å². The van der Waals surface area contributed by atoms with Gasteiger partial charge in [-0.1, -0.05) is 12.1 Å². The summed E-state index contributed by atoms with van der Waals surface area (Å²) in [6.07, 6.45) is 1.90. The highest BCUT2D eigenvalue weighted by molar-refractivity contribution is 7.98. The number of methoxy groups -OCH3 is 2. The van der Waals surface area contributed by atoms with Crippen molar-refractivity contribution in [3.63, 3.8) is 0 Å². The Hall–Kier alpha value is -3.00. The molecule has 1 N–H and O–H groups in total. The molecule has 2 rings (SSSR count). The molecule has 0 aliphatic rings. The van der Waals surface area contributed by atoms with Crippen LogP contribution in [-0.4, -0.2) is 44.9 Å². The van der Waals surface area contributed by atoms with E-state index in [4.69, 9.17) is 14.2 Å². The molecule has 0 unspecified atom stereocenters. The Labute approximate surface area is 161 Å². The minimum atomic E-state index is -0.751. The van der Waals surface area contributed by atoms with Crippen molar-refractivity contribution in [2.75, 3.05) is 27.1 Å². The second kappa shape index (κ2) is 9.63. The normalized spacial score (nSPS) is 10.0. The number of amides is 2. The quantitative estimate of drug-likeness (QED) is 0.575. The molecule has 0 fully saturated rings. The standard InChI is InChI=1S/C19H19NO6S/c1-24-15-7-5-4-6-13(15)18(22)20-17(21)11-26-19(23)14-9-8-12(27-3)10-16(14)25-2/h4-10H,11H2,1-3H3,(H,20,21,22). The van der Waals surface area contributed by atoms with Gasteiger partial charge in [0.05, 0.1) is 19.8 Å². The predicted molar refractivity (Wildman–Crippen MR) is 101 cm³/mol. The van der Waals surface area contributed by atoms with Gasteiger partial charge in [0, 0.05) is 4.90 Å². The molecule has 0 aliphatic carbocycles. The maximum Gasteiger partial charge on any atom is 0.342 e. The van der Waals surface area contributed by atoms with Crippen LogP contribution in [0.1, 0.15) is 20.7 Å². The molecule has 7 nitrogen and oxygen atoms in total. The Bertz CT molecular complexity index is 852. The van der Waals surface area contributed by atoms with E-state index in [9.17, 15) is 14.4 Å². The molecule has 0 atom stereocenters. The molecule has 2 aromatic carbocycles. The first-order chi connectivity index (χ1) is 13.0. The zero-order valence-electron chi connectivity index (χ0n) is 15.1. The average Bonchev–Trinajstić information content (AvgIpc) is 2.71. The summed E-state index contributed by atoms with van der Waals surface area (Å²) in [6, 6.07) is 11.5. The molecule has 8 heteroatoms. The molecule has 142 valence electrons. The van der Waals surface area contributed by atoms with Gasteiger partial charge in [0.15, 0.2) is 6.61 Å². The van der Waals surface area contributed by atoms with Gasteiger partial charge >= 0.3 is 5.97 Å². The van der Waals surface area contributed by atoms with Gasteiger partial charge in [0.25, 0.3) is 11.8 Å². The van der Waals surface area contributed by atoms with Crippen molar-refractivity contribution >= 4 is 29.5 Å². The minimum absolute atomic E-state index is 0.194. The largest absolute Gasteiger partial charge is 0.496 e. The number of imide groups is 1. The highest BCUT2D eigenvalue weighted by Crippen LogP contribution is 2.25. The van der Waals surface area contributed by atoms with Gasteiger partial charge in [0.1, 0.15) is 17.1 Å². The number of hydrogen-bond donors (Lipinski definition) is 1. The van der Waals surface area contributed by atoms with Gasteiger partial charge in [-0.3, -0.25) is 14.9 Å². The van der Waals surface area contributed by atoms with Crippen molar-refractivity contribution in [1.82, 2.24) is 5.32 Å². The minimum Gasteiger partial charge on any atom is -0.496 e. The van der Waals surface area contributed by atoms with Crippen LogP contribution in [0.3, 0.4) is 0 Å². The summed E-state index contributed by atoms with van der Waals surface area (Å²) in [5.74, 6) is -1.44. The molecular formula is C19H19NO6S. The van der Waals surface area contributed by atoms with Gasteiger partial charge in [-0.15, -0.1) is 11.8 Å². The van der Waals surface area contributed by atoms with Gasteiger partial charge < -0.3 is 14.2 Å². The van der Waals surface area contributed by atoms with Crippen molar-refractivity contribution in [2.24, 2.45) is 0 Å². The molecule has 0 heterocycles. The Balaban J connectivity index is 1.97. The van der Waals surface area contributed by atoms with E-state index in [0.717, 1.165) is 4.90 Å². The molecule has 0 radical (unpaired) electrons. The van der Waals surface area contributed by atoms with E-state index in [1.165, 1.54) is 32.0 Å². The van der Waals surface area contributed by atoms with Crippen LogP contribution < -0.4 is 14.8 Å². The fourth-order valence-corrected chi connectivity index (χ4v) is 2.67. The van der Waals surface area contributed by atoms with E-state index >= 15 is 0 Å². The monoisotopic (exact) mass is 389 g/mol. The Kier molecular flexibility index (Phi) is 7.25. The number of carbonyl (C=O) groups is 3. The molecule has 2 amide bonds. The first kappa shape index (κ1) is 20.3. The maximum absolute atomic E-state index is 12.2. The number of nitrogens with one attached hydrogen (secondary N) is 1. The first-order valence-electron chi connectivity index (χ1n) is 7.86. The summed E-state index contributed by atoms with van der Waals surface area (Å²) in [7, 11) is 2.86. The van der Waals surface area contributed by atoms with Crippen molar-refractivity contribution in [3.8, 4) is 11.5 Å². The lowest BCUT2D eigenvalue weighted by atomic mass is 10.2. The fourth-order valence-electron chi connectivity index (χ4n) is 2.24. The SMILES string of the molecule is COc1ccccc1C(=O)NC(=O)COC(=O)c1ccc(SC)cc1OC. The summed E-state index contributed by atoms with van der Waals surface area (Å²) >= 11 is 1.50. The Morgan fingerprint density at radius 2 is 1.67 bits per heavy atom. The summed E-state index contributed by atoms with van der Waals surface area (Å²) in [4.78, 5) is 37.2. The molecule has 2 aromatic rings. The first-order valence-corrected chi connectivity index (χ1v) is 9.09. The van der Waals surface area contributed by atoms with Crippen LogP contribution in [-0.2, 0) is 9.53 Å². The van der Waals surface area contributed by atoms with Crippen molar-refractivity contribution < 1.29 is 28.6 Å². The summed E-state index contributed by atoms with van der Waals surface area (Å²) in [5.41, 5.74) is 0.396. The number of rotatable bonds is 7. The molecule has 0 saturated carbocycles. The lowest BCUT2D eigenvalue weighted by Crippen LogP contribution is -2.34. The van der Waals surface area contributed by atoms with Crippen LogP contribution in [0.25, 0.3) is 0 Å². The molecule has 0 aliphatic heterocycles. The lowest BCUT2D eigenvalue weighted by molar-refractivity contribution is -0.123. The molecule has 0 aromatic heterocycles.